The molecule has 0 radical (unpaired) electrons. The van der Waals surface area contributed by atoms with E-state index in [0.29, 0.717) is 5.92 Å². The molecule has 0 saturated carbocycles. The average Bonchev–Trinajstić information content (AvgIpc) is 2.96. The van der Waals surface area contributed by atoms with Crippen LogP contribution in [0.15, 0.2) is 48.5 Å². The Hall–Kier alpha value is -2.35. The van der Waals surface area contributed by atoms with Gasteiger partial charge in [-0.25, -0.2) is 4.98 Å². The van der Waals surface area contributed by atoms with E-state index in [9.17, 15) is 0 Å². The van der Waals surface area contributed by atoms with Crippen molar-refractivity contribution in [3.63, 3.8) is 0 Å². The number of nitrogens with zero attached hydrogens (tertiary/aromatic N) is 2. The molecular weight excluding hydrogens is 292 g/mol. The van der Waals surface area contributed by atoms with E-state index in [1.807, 2.05) is 0 Å². The van der Waals surface area contributed by atoms with Gasteiger partial charge in [0.15, 0.2) is 0 Å². The minimum atomic E-state index is -0.0143. The third kappa shape index (κ3) is 2.06. The lowest BCUT2D eigenvalue weighted by Gasteiger charge is -2.26. The van der Waals surface area contributed by atoms with E-state index in [0.717, 1.165) is 5.52 Å². The fraction of sp³-hybridized carbons (Fsp3) is 0.318. The summed E-state index contributed by atoms with van der Waals surface area (Å²) in [5.41, 5.74) is 2.38. The molecule has 1 aromatic heterocycles. The van der Waals surface area contributed by atoms with E-state index >= 15 is 0 Å². The van der Waals surface area contributed by atoms with Crippen molar-refractivity contribution in [3.8, 4) is 0 Å². The predicted octanol–water partition coefficient (Wildman–Crippen LogP) is 6.22. The Kier molecular flexibility index (Phi) is 3.21. The molecule has 0 atom stereocenters. The molecule has 2 heteroatoms. The Bertz CT molecular complexity index is 1060. The lowest BCUT2D eigenvalue weighted by Crippen LogP contribution is -2.24. The zero-order chi connectivity index (χ0) is 17.1. The average molecular weight is 316 g/mol. The lowest BCUT2D eigenvalue weighted by molar-refractivity contribution is 0.389. The smallest absolute Gasteiger partial charge is 0.112 e. The van der Waals surface area contributed by atoms with Gasteiger partial charge < -0.3 is 4.57 Å². The molecule has 4 aromatic rings. The molecule has 0 spiro atoms. The minimum Gasteiger partial charge on any atom is -0.322 e. The summed E-state index contributed by atoms with van der Waals surface area (Å²) < 4.78 is 2.45. The Morgan fingerprint density at radius 1 is 0.792 bits per heavy atom. The van der Waals surface area contributed by atoms with Crippen LogP contribution >= 0.6 is 0 Å². The van der Waals surface area contributed by atoms with Crippen LogP contribution in [-0.2, 0) is 5.54 Å². The third-order valence-electron chi connectivity index (χ3n) is 4.75. The molecule has 0 N–H and O–H groups in total. The number of benzene rings is 3. The van der Waals surface area contributed by atoms with E-state index < -0.39 is 0 Å². The zero-order valence-electron chi connectivity index (χ0n) is 15.1. The second-order valence-electron chi connectivity index (χ2n) is 7.92. The first-order valence-corrected chi connectivity index (χ1v) is 8.72. The van der Waals surface area contributed by atoms with Gasteiger partial charge in [0.25, 0.3) is 0 Å². The highest BCUT2D eigenvalue weighted by Gasteiger charge is 2.25. The van der Waals surface area contributed by atoms with Crippen LogP contribution in [0.5, 0.6) is 0 Å². The number of imidazole rings is 1. The Morgan fingerprint density at radius 2 is 1.29 bits per heavy atom. The number of hydrogen-bond donors (Lipinski definition) is 0. The minimum absolute atomic E-state index is 0.0143. The molecule has 0 unspecified atom stereocenters. The lowest BCUT2D eigenvalue weighted by atomic mass is 9.98. The van der Waals surface area contributed by atoms with Crippen molar-refractivity contribution in [2.45, 2.75) is 46.1 Å². The van der Waals surface area contributed by atoms with Gasteiger partial charge in [-0.05, 0) is 31.5 Å². The highest BCUT2D eigenvalue weighted by Crippen LogP contribution is 2.38. The van der Waals surface area contributed by atoms with Gasteiger partial charge >= 0.3 is 0 Å². The topological polar surface area (TPSA) is 17.8 Å². The Morgan fingerprint density at radius 3 is 1.83 bits per heavy atom. The summed E-state index contributed by atoms with van der Waals surface area (Å²) in [5.74, 6) is 1.55. The molecule has 0 aliphatic carbocycles. The second-order valence-corrected chi connectivity index (χ2v) is 7.92. The van der Waals surface area contributed by atoms with Crippen molar-refractivity contribution in [3.05, 3.63) is 54.4 Å². The molecule has 3 aromatic carbocycles. The molecule has 24 heavy (non-hydrogen) atoms. The zero-order valence-corrected chi connectivity index (χ0v) is 15.1. The number of hydrogen-bond acceptors (Lipinski definition) is 1. The monoisotopic (exact) mass is 316 g/mol. The fourth-order valence-electron chi connectivity index (χ4n) is 3.79. The van der Waals surface area contributed by atoms with Crippen LogP contribution in [0.1, 0.15) is 46.4 Å². The first-order chi connectivity index (χ1) is 11.4. The normalized spacial score (nSPS) is 12.8. The summed E-state index contributed by atoms with van der Waals surface area (Å²) in [5, 5.41) is 5.13. The van der Waals surface area contributed by atoms with Crippen LogP contribution in [0.25, 0.3) is 32.6 Å². The molecule has 122 valence electrons. The van der Waals surface area contributed by atoms with Gasteiger partial charge in [-0.3, -0.25) is 0 Å². The maximum atomic E-state index is 5.12. The maximum absolute atomic E-state index is 5.12. The van der Waals surface area contributed by atoms with Crippen LogP contribution in [0.3, 0.4) is 0 Å². The van der Waals surface area contributed by atoms with Crippen molar-refractivity contribution in [1.82, 2.24) is 9.55 Å². The summed E-state index contributed by atoms with van der Waals surface area (Å²) in [4.78, 5) is 5.12. The van der Waals surface area contributed by atoms with Gasteiger partial charge in [0, 0.05) is 22.2 Å². The predicted molar refractivity (Wildman–Crippen MR) is 104 cm³/mol. The van der Waals surface area contributed by atoms with Crippen LogP contribution in [-0.4, -0.2) is 9.55 Å². The summed E-state index contributed by atoms with van der Waals surface area (Å²) in [6, 6.07) is 17.4. The molecule has 0 bridgehead atoms. The quantitative estimate of drug-likeness (QED) is 0.381. The van der Waals surface area contributed by atoms with Crippen LogP contribution in [0.4, 0.5) is 0 Å². The van der Waals surface area contributed by atoms with Crippen molar-refractivity contribution in [2.24, 2.45) is 0 Å². The van der Waals surface area contributed by atoms with E-state index in [-0.39, 0.29) is 5.54 Å². The first kappa shape index (κ1) is 15.2. The summed E-state index contributed by atoms with van der Waals surface area (Å²) in [7, 11) is 0. The molecule has 0 saturated heterocycles. The van der Waals surface area contributed by atoms with Gasteiger partial charge in [-0.1, -0.05) is 62.4 Å². The summed E-state index contributed by atoms with van der Waals surface area (Å²) >= 11 is 0. The molecule has 0 fully saturated rings. The third-order valence-corrected chi connectivity index (χ3v) is 4.75. The molecule has 0 aliphatic heterocycles. The number of aromatic nitrogens is 2. The molecule has 1 heterocycles. The van der Waals surface area contributed by atoms with Gasteiger partial charge in [0.2, 0.25) is 0 Å². The summed E-state index contributed by atoms with van der Waals surface area (Å²) in [6.07, 6.45) is 0. The summed E-state index contributed by atoms with van der Waals surface area (Å²) in [6.45, 7) is 11.3. The Balaban J connectivity index is 2.37. The SMILES string of the molecule is CC(C)c1nc2c3ccccc3c3ccccc3c2n1C(C)(C)C. The molecule has 0 aliphatic rings. The standard InChI is InChI=1S/C22H24N2/c1-14(2)21-23-19-17-12-8-6-10-15(17)16-11-7-9-13-18(16)20(19)24(21)22(3,4)5/h6-14H,1-5H3. The largest absolute Gasteiger partial charge is 0.322 e. The maximum Gasteiger partial charge on any atom is 0.112 e. The van der Waals surface area contributed by atoms with Crippen molar-refractivity contribution in [1.29, 1.82) is 0 Å². The van der Waals surface area contributed by atoms with E-state index in [2.05, 4.69) is 87.7 Å². The van der Waals surface area contributed by atoms with Crippen LogP contribution in [0, 0.1) is 0 Å². The highest BCUT2D eigenvalue weighted by molar-refractivity contribution is 6.23. The van der Waals surface area contributed by atoms with E-state index in [1.165, 1.54) is 32.9 Å². The van der Waals surface area contributed by atoms with Gasteiger partial charge in [0.1, 0.15) is 5.82 Å². The molecule has 2 nitrogen and oxygen atoms in total. The molecular formula is C22H24N2. The molecule has 0 amide bonds. The number of fused-ring (bicyclic) bond motifs is 6. The molecule has 4 rings (SSSR count). The fourth-order valence-corrected chi connectivity index (χ4v) is 3.79. The van der Waals surface area contributed by atoms with Crippen molar-refractivity contribution < 1.29 is 0 Å². The van der Waals surface area contributed by atoms with E-state index in [4.69, 9.17) is 4.98 Å². The second kappa shape index (κ2) is 5.07. The van der Waals surface area contributed by atoms with Crippen LogP contribution in [0.2, 0.25) is 0 Å². The van der Waals surface area contributed by atoms with Gasteiger partial charge in [0.05, 0.1) is 11.0 Å². The van der Waals surface area contributed by atoms with E-state index in [1.54, 1.807) is 0 Å². The van der Waals surface area contributed by atoms with Crippen LogP contribution < -0.4 is 0 Å². The van der Waals surface area contributed by atoms with Crippen molar-refractivity contribution in [2.75, 3.05) is 0 Å². The van der Waals surface area contributed by atoms with Gasteiger partial charge in [-0.15, -0.1) is 0 Å². The van der Waals surface area contributed by atoms with Gasteiger partial charge in [-0.2, -0.15) is 0 Å². The Labute approximate surface area is 143 Å². The first-order valence-electron chi connectivity index (χ1n) is 8.72. The number of rotatable bonds is 1. The van der Waals surface area contributed by atoms with Crippen molar-refractivity contribution >= 4 is 32.6 Å². The highest BCUT2D eigenvalue weighted by atomic mass is 15.1.